The fourth-order valence-electron chi connectivity index (χ4n) is 1.56. The fraction of sp³-hybridized carbons (Fsp3) is 0.400. The van der Waals surface area contributed by atoms with Crippen LogP contribution in [0.15, 0.2) is 24.3 Å². The summed E-state index contributed by atoms with van der Waals surface area (Å²) in [5.41, 5.74) is 0.488. The number of benzene rings is 1. The number of nitrogens with one attached hydrogen (secondary N) is 2. The number of carboxylic acid groups (broad SMARTS) is 1. The minimum absolute atomic E-state index is 0.106. The van der Waals surface area contributed by atoms with Crippen LogP contribution >= 0.6 is 0 Å². The van der Waals surface area contributed by atoms with Gasteiger partial charge in [0.15, 0.2) is 0 Å². The van der Waals surface area contributed by atoms with Crippen LogP contribution in [0.25, 0.3) is 0 Å². The molecule has 0 atom stereocenters. The normalized spacial score (nSPS) is 10.2. The first-order valence-corrected chi connectivity index (χ1v) is 6.78. The summed E-state index contributed by atoms with van der Waals surface area (Å²) in [7, 11) is 0. The lowest BCUT2D eigenvalue weighted by Crippen LogP contribution is -2.32. The van der Waals surface area contributed by atoms with Crippen LogP contribution in [-0.2, 0) is 4.79 Å². The van der Waals surface area contributed by atoms with Gasteiger partial charge in [0.05, 0.1) is 5.56 Å². The molecule has 114 valence electrons. The Hall–Kier alpha value is -2.37. The molecule has 1 aromatic rings. The number of carbonyl (C=O) groups excluding carboxylic acids is 2. The van der Waals surface area contributed by atoms with E-state index in [0.29, 0.717) is 18.0 Å². The van der Waals surface area contributed by atoms with Gasteiger partial charge >= 0.3 is 5.97 Å². The maximum Gasteiger partial charge on any atom is 0.335 e. The molecule has 2 amide bonds. The SMILES string of the molecule is CC(C)CNC(=O)CCNC(=O)c1ccc(C(=O)O)cc1. The van der Waals surface area contributed by atoms with Gasteiger partial charge in [-0.05, 0) is 30.2 Å². The van der Waals surface area contributed by atoms with Crippen molar-refractivity contribution in [2.75, 3.05) is 13.1 Å². The quantitative estimate of drug-likeness (QED) is 0.705. The van der Waals surface area contributed by atoms with E-state index in [2.05, 4.69) is 10.6 Å². The maximum absolute atomic E-state index is 11.8. The molecule has 0 saturated carbocycles. The minimum atomic E-state index is -1.04. The average molecular weight is 292 g/mol. The van der Waals surface area contributed by atoms with E-state index < -0.39 is 5.97 Å². The number of carboxylic acids is 1. The Labute approximate surface area is 123 Å². The molecule has 0 aliphatic heterocycles. The Balaban J connectivity index is 2.37. The van der Waals surface area contributed by atoms with E-state index in [1.54, 1.807) is 0 Å². The van der Waals surface area contributed by atoms with Crippen molar-refractivity contribution in [3.05, 3.63) is 35.4 Å². The van der Waals surface area contributed by atoms with E-state index in [4.69, 9.17) is 5.11 Å². The van der Waals surface area contributed by atoms with Crippen molar-refractivity contribution in [1.82, 2.24) is 10.6 Å². The van der Waals surface area contributed by atoms with Gasteiger partial charge < -0.3 is 15.7 Å². The van der Waals surface area contributed by atoms with Crippen molar-refractivity contribution in [3.63, 3.8) is 0 Å². The Bertz CT molecular complexity index is 509. The summed E-state index contributed by atoms with van der Waals surface area (Å²) in [6.45, 7) is 4.86. The lowest BCUT2D eigenvalue weighted by atomic mass is 10.1. The highest BCUT2D eigenvalue weighted by Crippen LogP contribution is 2.04. The number of carbonyl (C=O) groups is 3. The third-order valence-corrected chi connectivity index (χ3v) is 2.74. The zero-order chi connectivity index (χ0) is 15.8. The Morgan fingerprint density at radius 3 is 2.14 bits per heavy atom. The van der Waals surface area contributed by atoms with Gasteiger partial charge in [-0.2, -0.15) is 0 Å². The molecule has 21 heavy (non-hydrogen) atoms. The first kappa shape index (κ1) is 16.7. The lowest BCUT2D eigenvalue weighted by Gasteiger charge is -2.08. The van der Waals surface area contributed by atoms with Gasteiger partial charge in [0.2, 0.25) is 5.91 Å². The van der Waals surface area contributed by atoms with E-state index in [-0.39, 0.29) is 30.3 Å². The standard InChI is InChI=1S/C15H20N2O4/c1-10(2)9-17-13(18)7-8-16-14(19)11-3-5-12(6-4-11)15(20)21/h3-6,10H,7-9H2,1-2H3,(H,16,19)(H,17,18)(H,20,21). The topological polar surface area (TPSA) is 95.5 Å². The maximum atomic E-state index is 11.8. The van der Waals surface area contributed by atoms with E-state index >= 15 is 0 Å². The average Bonchev–Trinajstić information content (AvgIpc) is 2.45. The van der Waals surface area contributed by atoms with E-state index in [1.165, 1.54) is 24.3 Å². The van der Waals surface area contributed by atoms with Crippen LogP contribution in [-0.4, -0.2) is 36.0 Å². The van der Waals surface area contributed by atoms with E-state index in [1.807, 2.05) is 13.8 Å². The predicted molar refractivity (Wildman–Crippen MR) is 78.2 cm³/mol. The zero-order valence-electron chi connectivity index (χ0n) is 12.2. The highest BCUT2D eigenvalue weighted by Gasteiger charge is 2.08. The van der Waals surface area contributed by atoms with Gasteiger partial charge in [0, 0.05) is 25.1 Å². The predicted octanol–water partition coefficient (Wildman–Crippen LogP) is 1.28. The second-order valence-corrected chi connectivity index (χ2v) is 5.09. The Morgan fingerprint density at radius 2 is 1.62 bits per heavy atom. The summed E-state index contributed by atoms with van der Waals surface area (Å²) >= 11 is 0. The van der Waals surface area contributed by atoms with E-state index in [9.17, 15) is 14.4 Å². The van der Waals surface area contributed by atoms with Crippen LogP contribution in [0.2, 0.25) is 0 Å². The minimum Gasteiger partial charge on any atom is -0.478 e. The lowest BCUT2D eigenvalue weighted by molar-refractivity contribution is -0.121. The largest absolute Gasteiger partial charge is 0.478 e. The molecule has 3 N–H and O–H groups in total. The number of hydrogen-bond donors (Lipinski definition) is 3. The van der Waals surface area contributed by atoms with Crippen LogP contribution in [0.5, 0.6) is 0 Å². The van der Waals surface area contributed by atoms with Crippen molar-refractivity contribution < 1.29 is 19.5 Å². The smallest absolute Gasteiger partial charge is 0.335 e. The Kier molecular flexibility index (Phi) is 6.39. The van der Waals surface area contributed by atoms with Crippen LogP contribution < -0.4 is 10.6 Å². The molecule has 0 bridgehead atoms. The van der Waals surface area contributed by atoms with Gasteiger partial charge in [-0.3, -0.25) is 9.59 Å². The molecule has 1 rings (SSSR count). The molecular formula is C15H20N2O4. The summed E-state index contributed by atoms with van der Waals surface area (Å²) in [5.74, 6) is -1.09. The monoisotopic (exact) mass is 292 g/mol. The summed E-state index contributed by atoms with van der Waals surface area (Å²) in [4.78, 5) is 33.9. The van der Waals surface area contributed by atoms with Gasteiger partial charge in [0.1, 0.15) is 0 Å². The molecule has 0 heterocycles. The molecule has 0 unspecified atom stereocenters. The molecule has 0 spiro atoms. The number of hydrogen-bond acceptors (Lipinski definition) is 3. The number of amides is 2. The second-order valence-electron chi connectivity index (χ2n) is 5.09. The molecule has 0 aliphatic carbocycles. The second kappa shape index (κ2) is 8.04. The highest BCUT2D eigenvalue weighted by molar-refractivity contribution is 5.96. The molecular weight excluding hydrogens is 272 g/mol. The summed E-state index contributed by atoms with van der Waals surface area (Å²) < 4.78 is 0. The van der Waals surface area contributed by atoms with Crippen LogP contribution in [0.4, 0.5) is 0 Å². The summed E-state index contributed by atoms with van der Waals surface area (Å²) in [6.07, 6.45) is 0.214. The first-order valence-electron chi connectivity index (χ1n) is 6.78. The fourth-order valence-corrected chi connectivity index (χ4v) is 1.56. The highest BCUT2D eigenvalue weighted by atomic mass is 16.4. The van der Waals surface area contributed by atoms with Crippen molar-refractivity contribution in [2.24, 2.45) is 5.92 Å². The van der Waals surface area contributed by atoms with Crippen LogP contribution in [0.1, 0.15) is 41.0 Å². The Morgan fingerprint density at radius 1 is 1.05 bits per heavy atom. The molecule has 0 fully saturated rings. The van der Waals surface area contributed by atoms with Crippen molar-refractivity contribution in [3.8, 4) is 0 Å². The van der Waals surface area contributed by atoms with Crippen molar-refractivity contribution in [1.29, 1.82) is 0 Å². The number of aromatic carboxylic acids is 1. The van der Waals surface area contributed by atoms with Gasteiger partial charge in [0.25, 0.3) is 5.91 Å². The third kappa shape index (κ3) is 6.07. The summed E-state index contributed by atoms with van der Waals surface area (Å²) in [5, 5.41) is 14.1. The molecule has 0 saturated heterocycles. The summed E-state index contributed by atoms with van der Waals surface area (Å²) in [6, 6.07) is 5.62. The zero-order valence-corrected chi connectivity index (χ0v) is 12.2. The van der Waals surface area contributed by atoms with Gasteiger partial charge in [-0.1, -0.05) is 13.8 Å². The van der Waals surface area contributed by atoms with E-state index in [0.717, 1.165) is 0 Å². The van der Waals surface area contributed by atoms with Crippen LogP contribution in [0.3, 0.4) is 0 Å². The van der Waals surface area contributed by atoms with Crippen molar-refractivity contribution >= 4 is 17.8 Å². The third-order valence-electron chi connectivity index (χ3n) is 2.74. The molecule has 1 aromatic carbocycles. The van der Waals surface area contributed by atoms with Gasteiger partial charge in [-0.15, -0.1) is 0 Å². The molecule has 0 aliphatic rings. The van der Waals surface area contributed by atoms with Gasteiger partial charge in [-0.25, -0.2) is 4.79 Å². The first-order chi connectivity index (χ1) is 9.90. The van der Waals surface area contributed by atoms with Crippen LogP contribution in [0, 0.1) is 5.92 Å². The molecule has 6 heteroatoms. The number of rotatable bonds is 7. The van der Waals surface area contributed by atoms with Crippen molar-refractivity contribution in [2.45, 2.75) is 20.3 Å². The molecule has 6 nitrogen and oxygen atoms in total. The molecule has 0 radical (unpaired) electrons. The molecule has 0 aromatic heterocycles.